The lowest BCUT2D eigenvalue weighted by molar-refractivity contribution is -0.120. The van der Waals surface area contributed by atoms with Crippen molar-refractivity contribution in [2.45, 2.75) is 37.0 Å². The number of aliphatic hydroxyl groups is 3. The smallest absolute Gasteiger partial charge is 0.244 e. The number of carbonyl (C=O) groups is 1. The highest BCUT2D eigenvalue weighted by molar-refractivity contribution is 7.18. The number of nitrogens with one attached hydrogen (secondary N) is 1. The van der Waals surface area contributed by atoms with E-state index in [1.54, 1.807) is 0 Å². The molecule has 2 aromatic rings. The molecule has 5 atom stereocenters. The van der Waals surface area contributed by atoms with Crippen LogP contribution in [0.15, 0.2) is 34.3 Å². The van der Waals surface area contributed by atoms with Crippen LogP contribution < -0.4 is 5.32 Å². The van der Waals surface area contributed by atoms with Gasteiger partial charge in [0.2, 0.25) is 11.9 Å². The first-order valence-corrected chi connectivity index (χ1v) is 10.9. The summed E-state index contributed by atoms with van der Waals surface area (Å²) in [7, 11) is 0. The Hall–Kier alpha value is -2.40. The number of guanidine groups is 1. The summed E-state index contributed by atoms with van der Waals surface area (Å²) in [5, 5.41) is 33.5. The number of para-hydroxylation sites is 1. The number of amidine groups is 1. The van der Waals surface area contributed by atoms with E-state index in [2.05, 4.69) is 20.3 Å². The number of fused-ring (bicyclic) bond motifs is 1. The highest BCUT2D eigenvalue weighted by Gasteiger charge is 2.43. The molecular weight excluding hydrogens is 406 g/mol. The van der Waals surface area contributed by atoms with E-state index in [4.69, 9.17) is 0 Å². The van der Waals surface area contributed by atoms with Crippen LogP contribution in [0.2, 0.25) is 0 Å². The zero-order chi connectivity index (χ0) is 20.8. The fourth-order valence-electron chi connectivity index (χ4n) is 4.09. The number of amides is 1. The predicted molar refractivity (Wildman–Crippen MR) is 113 cm³/mol. The van der Waals surface area contributed by atoms with Gasteiger partial charge in [0.05, 0.1) is 22.4 Å². The third-order valence-electron chi connectivity index (χ3n) is 5.99. The van der Waals surface area contributed by atoms with Crippen LogP contribution in [-0.4, -0.2) is 80.9 Å². The molecule has 10 heteroatoms. The van der Waals surface area contributed by atoms with E-state index in [1.807, 2.05) is 29.2 Å². The van der Waals surface area contributed by atoms with Crippen molar-refractivity contribution in [2.24, 2.45) is 15.9 Å². The quantitative estimate of drug-likeness (QED) is 0.546. The molecule has 1 aromatic carbocycles. The number of hydrogen-bond donors (Lipinski definition) is 4. The van der Waals surface area contributed by atoms with Crippen molar-refractivity contribution in [1.29, 1.82) is 0 Å². The average Bonchev–Trinajstić information content (AvgIpc) is 3.22. The largest absolute Gasteiger partial charge is 0.396 e. The van der Waals surface area contributed by atoms with Gasteiger partial charge in [0.15, 0.2) is 0 Å². The number of benzene rings is 1. The average molecular weight is 430 g/mol. The molecule has 2 fully saturated rings. The molecule has 0 radical (unpaired) electrons. The topological polar surface area (TPSA) is 131 Å². The Morgan fingerprint density at radius 2 is 2.03 bits per heavy atom. The van der Waals surface area contributed by atoms with E-state index in [-0.39, 0.29) is 18.3 Å². The molecule has 1 aromatic heterocycles. The van der Waals surface area contributed by atoms with Gasteiger partial charge in [-0.2, -0.15) is 4.99 Å². The van der Waals surface area contributed by atoms with Gasteiger partial charge in [-0.3, -0.25) is 15.1 Å². The number of thiazole rings is 1. The van der Waals surface area contributed by atoms with Gasteiger partial charge >= 0.3 is 0 Å². The lowest BCUT2D eigenvalue weighted by atomic mass is 10.1. The Morgan fingerprint density at radius 1 is 1.23 bits per heavy atom. The van der Waals surface area contributed by atoms with Crippen molar-refractivity contribution in [1.82, 2.24) is 15.2 Å². The maximum Gasteiger partial charge on any atom is 0.244 e. The second kappa shape index (κ2) is 7.69. The number of aliphatic imine (C=N–C) groups is 2. The Balaban J connectivity index is 1.55. The minimum Gasteiger partial charge on any atom is -0.396 e. The first-order valence-electron chi connectivity index (χ1n) is 10.1. The number of likely N-dealkylation sites (tertiary alicyclic amines) is 1. The van der Waals surface area contributed by atoms with Crippen molar-refractivity contribution < 1.29 is 20.1 Å². The van der Waals surface area contributed by atoms with E-state index in [0.29, 0.717) is 17.4 Å². The van der Waals surface area contributed by atoms with Crippen molar-refractivity contribution >= 4 is 39.3 Å². The summed E-state index contributed by atoms with van der Waals surface area (Å²) in [6, 6.07) is 7.02. The van der Waals surface area contributed by atoms with E-state index >= 15 is 0 Å². The molecule has 3 heterocycles. The molecule has 1 aliphatic carbocycles. The Bertz CT molecular complexity index is 1000. The van der Waals surface area contributed by atoms with E-state index in [1.165, 1.54) is 11.3 Å². The predicted octanol–water partition coefficient (Wildman–Crippen LogP) is 0.0725. The third-order valence-corrected chi connectivity index (χ3v) is 7.09. The zero-order valence-electron chi connectivity index (χ0n) is 16.2. The number of carbonyl (C=O) groups excluding carboxylic acids is 1. The molecule has 1 saturated carbocycles. The summed E-state index contributed by atoms with van der Waals surface area (Å²) in [4.78, 5) is 28.9. The molecule has 0 spiro atoms. The van der Waals surface area contributed by atoms with Gasteiger partial charge in [-0.05, 0) is 25.0 Å². The normalized spacial score (nSPS) is 33.0. The highest BCUT2D eigenvalue weighted by Crippen LogP contribution is 2.33. The second-order valence-electron chi connectivity index (χ2n) is 7.93. The summed E-state index contributed by atoms with van der Waals surface area (Å²) in [6.45, 7) is 1.40. The Labute approximate surface area is 176 Å². The number of hydrogen-bond acceptors (Lipinski definition) is 8. The number of aliphatic hydroxyl groups excluding tert-OH is 3. The van der Waals surface area contributed by atoms with Crippen molar-refractivity contribution in [3.05, 3.63) is 29.3 Å². The molecule has 1 unspecified atom stereocenters. The Kier molecular flexibility index (Phi) is 5.02. The number of aromatic nitrogens is 1. The lowest BCUT2D eigenvalue weighted by Gasteiger charge is -2.36. The van der Waals surface area contributed by atoms with Crippen LogP contribution in [0, 0.1) is 5.92 Å². The maximum absolute atomic E-state index is 13.1. The van der Waals surface area contributed by atoms with Crippen LogP contribution >= 0.6 is 11.3 Å². The Morgan fingerprint density at radius 3 is 2.70 bits per heavy atom. The summed E-state index contributed by atoms with van der Waals surface area (Å²) in [5.41, 5.74) is 0.804. The highest BCUT2D eigenvalue weighted by atomic mass is 32.1. The van der Waals surface area contributed by atoms with Crippen LogP contribution in [0.25, 0.3) is 10.2 Å². The van der Waals surface area contributed by atoms with Gasteiger partial charge in [0, 0.05) is 25.6 Å². The fraction of sp³-hybridized carbons (Fsp3) is 0.500. The monoisotopic (exact) mass is 429 g/mol. The molecule has 5 rings (SSSR count). The third kappa shape index (κ3) is 3.29. The molecule has 1 amide bonds. The van der Waals surface area contributed by atoms with Gasteiger partial charge in [-0.1, -0.05) is 12.1 Å². The van der Waals surface area contributed by atoms with Crippen LogP contribution in [0.1, 0.15) is 23.8 Å². The van der Waals surface area contributed by atoms with Crippen LogP contribution in [-0.2, 0) is 4.79 Å². The van der Waals surface area contributed by atoms with Crippen molar-refractivity contribution in [3.63, 3.8) is 0 Å². The standard InChI is InChI=1S/C20H23N5O4S/c26-9-10-8-12(16(28)15(10)27)21-17-14(18(29)24-20(23-17)25-6-3-7-25)19-22-11-4-1-2-5-13(11)30-19/h1-2,4-5,10,12,14-16,26-28H,3,6-9H2,(H,21,23,24,29)/t10-,12-,14?,15-,16+/m1/s1. The van der Waals surface area contributed by atoms with Gasteiger partial charge in [-0.15, -0.1) is 11.3 Å². The molecule has 9 nitrogen and oxygen atoms in total. The minimum absolute atomic E-state index is 0.232. The van der Waals surface area contributed by atoms with Gasteiger partial charge < -0.3 is 20.2 Å². The zero-order valence-corrected chi connectivity index (χ0v) is 17.0. The van der Waals surface area contributed by atoms with Crippen LogP contribution in [0.3, 0.4) is 0 Å². The van der Waals surface area contributed by atoms with Crippen LogP contribution in [0.4, 0.5) is 0 Å². The lowest BCUT2D eigenvalue weighted by Crippen LogP contribution is -2.55. The molecule has 3 aliphatic rings. The molecule has 2 aliphatic heterocycles. The van der Waals surface area contributed by atoms with E-state index in [9.17, 15) is 20.1 Å². The van der Waals surface area contributed by atoms with Crippen molar-refractivity contribution in [2.75, 3.05) is 19.7 Å². The van der Waals surface area contributed by atoms with E-state index in [0.717, 1.165) is 29.7 Å². The molecule has 1 saturated heterocycles. The molecule has 30 heavy (non-hydrogen) atoms. The molecular formula is C20H23N5O4S. The summed E-state index contributed by atoms with van der Waals surface area (Å²) in [6.07, 6.45) is -0.806. The molecule has 4 N–H and O–H groups in total. The number of rotatable bonds is 3. The molecule has 0 bridgehead atoms. The summed E-state index contributed by atoms with van der Waals surface area (Å²) in [5.74, 6) is -0.739. The fourth-order valence-corrected chi connectivity index (χ4v) is 5.16. The van der Waals surface area contributed by atoms with Gasteiger partial charge in [0.25, 0.3) is 0 Å². The maximum atomic E-state index is 13.1. The van der Waals surface area contributed by atoms with Gasteiger partial charge in [0.1, 0.15) is 22.9 Å². The minimum atomic E-state index is -1.11. The first-order chi connectivity index (χ1) is 14.5. The number of nitrogens with zero attached hydrogens (tertiary/aromatic N) is 4. The molecule has 158 valence electrons. The first kappa shape index (κ1) is 19.6. The summed E-state index contributed by atoms with van der Waals surface area (Å²) >= 11 is 1.42. The van der Waals surface area contributed by atoms with Crippen LogP contribution in [0.5, 0.6) is 0 Å². The van der Waals surface area contributed by atoms with Crippen molar-refractivity contribution in [3.8, 4) is 0 Å². The van der Waals surface area contributed by atoms with Gasteiger partial charge in [-0.25, -0.2) is 4.98 Å². The van der Waals surface area contributed by atoms with E-state index < -0.39 is 30.1 Å². The SMILES string of the molecule is O=C1NC(N2CCC2)=NC(=N[C@@H]2C[C@H](CO)[C@@H](O)[C@H]2O)C1c1nc2ccccc2s1. The second-order valence-corrected chi connectivity index (χ2v) is 8.99. The summed E-state index contributed by atoms with van der Waals surface area (Å²) < 4.78 is 0.967.